The van der Waals surface area contributed by atoms with Crippen LogP contribution in [0, 0.1) is 11.8 Å². The highest BCUT2D eigenvalue weighted by Crippen LogP contribution is 2.41. The van der Waals surface area contributed by atoms with Crippen molar-refractivity contribution in [2.24, 2.45) is 18.9 Å². The van der Waals surface area contributed by atoms with Gasteiger partial charge in [0.1, 0.15) is 42.5 Å². The molecule has 19 heteroatoms. The standard InChI is InChI=1S/C50H66N10O7S2/c1-8-59(49(65)67-27-34-13-15-37(16-14-34)53-46(62)33(5)52-47(63)45(31(2)3)55-44(61)12-10-18-68)41-21-36(50(28-66-29-50)23-43-56-51-30-57(43)6)22-42(54-41)60-26-39-38(48(60)64)19-35(20-40(39)69-7)25-58-17-9-11-32(4)24-58/h13-16,19-22,30-33,45,68H,8-12,17-18,23-29H2,1-7H3,(H,52,63)(H,53,62)(H,55,61)/t32-,33?,45?/m0/s1. The van der Waals surface area contributed by atoms with Crippen LogP contribution < -0.4 is 25.8 Å². The van der Waals surface area contributed by atoms with Crippen molar-refractivity contribution in [1.29, 1.82) is 0 Å². The number of hydrogen-bond donors (Lipinski definition) is 4. The van der Waals surface area contributed by atoms with E-state index in [9.17, 15) is 24.0 Å². The molecule has 69 heavy (non-hydrogen) atoms. The fourth-order valence-electron chi connectivity index (χ4n) is 9.08. The third-order valence-corrected chi connectivity index (χ3v) is 14.3. The van der Waals surface area contributed by atoms with E-state index in [1.165, 1.54) is 17.7 Å². The first-order chi connectivity index (χ1) is 33.1. The molecule has 2 fully saturated rings. The summed E-state index contributed by atoms with van der Waals surface area (Å²) in [6.45, 7) is 13.5. The maximum absolute atomic E-state index is 14.6. The Balaban J connectivity index is 1.06. The zero-order valence-corrected chi connectivity index (χ0v) is 42.5. The smallest absolute Gasteiger partial charge is 0.415 e. The highest BCUT2D eigenvalue weighted by molar-refractivity contribution is 7.98. The Kier molecular flexibility index (Phi) is 17.1. The fourth-order valence-corrected chi connectivity index (χ4v) is 9.93. The maximum atomic E-state index is 14.6. The molecule has 3 N–H and O–H groups in total. The number of ether oxygens (including phenoxy) is 2. The van der Waals surface area contributed by atoms with Gasteiger partial charge in [0.2, 0.25) is 17.7 Å². The molecular formula is C50H66N10O7S2. The van der Waals surface area contributed by atoms with Gasteiger partial charge in [0.05, 0.1) is 19.8 Å². The number of nitrogens with zero attached hydrogens (tertiary/aromatic N) is 7. The normalized spacial score (nSPS) is 17.4. The minimum atomic E-state index is -0.891. The monoisotopic (exact) mass is 982 g/mol. The summed E-state index contributed by atoms with van der Waals surface area (Å²) in [5.41, 5.74) is 4.25. The number of thiol groups is 1. The van der Waals surface area contributed by atoms with Crippen molar-refractivity contribution >= 4 is 71.4 Å². The molecule has 5 heterocycles. The molecule has 0 saturated carbocycles. The van der Waals surface area contributed by atoms with Crippen molar-refractivity contribution in [3.63, 3.8) is 0 Å². The van der Waals surface area contributed by atoms with Gasteiger partial charge in [-0.15, -0.1) is 22.0 Å². The van der Waals surface area contributed by atoms with Crippen LogP contribution in [0.5, 0.6) is 0 Å². The van der Waals surface area contributed by atoms with Gasteiger partial charge in [-0.3, -0.25) is 33.9 Å². The number of aryl methyl sites for hydroxylation is 1. The molecule has 2 aromatic carbocycles. The molecule has 0 radical (unpaired) electrons. The Labute approximate surface area is 414 Å². The highest BCUT2D eigenvalue weighted by atomic mass is 32.2. The molecular weight excluding hydrogens is 917 g/mol. The van der Waals surface area contributed by atoms with Crippen LogP contribution in [0.3, 0.4) is 0 Å². The van der Waals surface area contributed by atoms with Crippen LogP contribution in [-0.4, -0.2) is 111 Å². The van der Waals surface area contributed by atoms with Gasteiger partial charge in [-0.1, -0.05) is 32.9 Å². The van der Waals surface area contributed by atoms with Crippen molar-refractivity contribution in [2.75, 3.05) is 60.0 Å². The van der Waals surface area contributed by atoms with Crippen LogP contribution >= 0.6 is 24.4 Å². The average Bonchev–Trinajstić information content (AvgIpc) is 3.88. The number of piperidine rings is 1. The summed E-state index contributed by atoms with van der Waals surface area (Å²) in [7, 11) is 1.90. The van der Waals surface area contributed by atoms with Gasteiger partial charge in [0.25, 0.3) is 5.91 Å². The van der Waals surface area contributed by atoms with E-state index in [1.807, 2.05) is 56.8 Å². The number of fused-ring (bicyclic) bond motifs is 1. The molecule has 370 valence electrons. The van der Waals surface area contributed by atoms with Crippen LogP contribution in [-0.2, 0) is 62.4 Å². The first-order valence-corrected chi connectivity index (χ1v) is 25.7. The van der Waals surface area contributed by atoms with Crippen LogP contribution in [0.15, 0.2) is 59.8 Å². The number of benzene rings is 2. The molecule has 17 nitrogen and oxygen atoms in total. The molecule has 5 amide bonds. The van der Waals surface area contributed by atoms with Crippen molar-refractivity contribution < 1.29 is 33.4 Å². The molecule has 7 rings (SSSR count). The van der Waals surface area contributed by atoms with E-state index in [2.05, 4.69) is 56.7 Å². The summed E-state index contributed by atoms with van der Waals surface area (Å²) in [5.74, 6) is 1.27. The maximum Gasteiger partial charge on any atom is 0.415 e. The average molecular weight is 983 g/mol. The number of thioether (sulfide) groups is 1. The zero-order valence-electron chi connectivity index (χ0n) is 40.7. The van der Waals surface area contributed by atoms with Crippen molar-refractivity contribution in [1.82, 2.24) is 35.3 Å². The Hall–Kier alpha value is -5.50. The minimum absolute atomic E-state index is 0.0706. The van der Waals surface area contributed by atoms with E-state index < -0.39 is 35.4 Å². The number of carbonyl (C=O) groups excluding carboxylic acids is 5. The lowest BCUT2D eigenvalue weighted by atomic mass is 9.75. The first kappa shape index (κ1) is 51.4. The van der Waals surface area contributed by atoms with Crippen LogP contribution in [0.1, 0.15) is 98.7 Å². The lowest BCUT2D eigenvalue weighted by Crippen LogP contribution is -2.53. The van der Waals surface area contributed by atoms with Crippen molar-refractivity contribution in [3.8, 4) is 0 Å². The molecule has 0 aliphatic carbocycles. The number of amides is 5. The third kappa shape index (κ3) is 12.3. The number of rotatable bonds is 20. The van der Waals surface area contributed by atoms with Crippen LogP contribution in [0.2, 0.25) is 0 Å². The summed E-state index contributed by atoms with van der Waals surface area (Å²) in [5, 5.41) is 16.8. The second kappa shape index (κ2) is 22.9. The Morgan fingerprint density at radius 2 is 1.81 bits per heavy atom. The predicted molar refractivity (Wildman–Crippen MR) is 270 cm³/mol. The zero-order chi connectivity index (χ0) is 49.4. The number of likely N-dealkylation sites (tertiary alicyclic amines) is 1. The Bertz CT molecular complexity index is 2500. The van der Waals surface area contributed by atoms with Gasteiger partial charge >= 0.3 is 6.09 Å². The topological polar surface area (TPSA) is 193 Å². The molecule has 3 atom stereocenters. The second-order valence-electron chi connectivity index (χ2n) is 18.9. The Morgan fingerprint density at radius 1 is 1.04 bits per heavy atom. The largest absolute Gasteiger partial charge is 0.444 e. The molecule has 0 bridgehead atoms. The van der Waals surface area contributed by atoms with Crippen molar-refractivity contribution in [2.45, 2.75) is 109 Å². The van der Waals surface area contributed by atoms with E-state index in [4.69, 9.17) is 14.5 Å². The van der Waals surface area contributed by atoms with E-state index in [0.717, 1.165) is 47.0 Å². The van der Waals surface area contributed by atoms with Crippen molar-refractivity contribution in [3.05, 3.63) is 88.5 Å². The SMILES string of the molecule is CCN(C(=O)OCc1ccc(NC(=O)C(C)NC(=O)C(NC(=O)CCCS)C(C)C)cc1)c1cc(C2(Cc3nncn3C)COC2)cc(N2Cc3c(SC)cc(CN4CCC[C@H](C)C4)cc3C2=O)n1. The Morgan fingerprint density at radius 3 is 2.45 bits per heavy atom. The molecule has 0 spiro atoms. The van der Waals surface area contributed by atoms with E-state index in [0.29, 0.717) is 72.7 Å². The minimum Gasteiger partial charge on any atom is -0.444 e. The van der Waals surface area contributed by atoms with Gasteiger partial charge in [0.15, 0.2) is 0 Å². The molecule has 4 aromatic rings. The van der Waals surface area contributed by atoms with Crippen LogP contribution in [0.25, 0.3) is 0 Å². The molecule has 2 unspecified atom stereocenters. The summed E-state index contributed by atoms with van der Waals surface area (Å²) in [6, 6.07) is 13.3. The number of anilines is 3. The first-order valence-electron chi connectivity index (χ1n) is 23.8. The van der Waals surface area contributed by atoms with Crippen LogP contribution in [0.4, 0.5) is 22.1 Å². The van der Waals surface area contributed by atoms with Gasteiger partial charge in [-0.25, -0.2) is 9.78 Å². The number of hydrogen-bond acceptors (Lipinski definition) is 13. The van der Waals surface area contributed by atoms with Gasteiger partial charge in [0, 0.05) is 61.1 Å². The van der Waals surface area contributed by atoms with E-state index in [-0.39, 0.29) is 37.3 Å². The lowest BCUT2D eigenvalue weighted by Gasteiger charge is -2.42. The highest BCUT2D eigenvalue weighted by Gasteiger charge is 2.44. The van der Waals surface area contributed by atoms with Gasteiger partial charge in [-0.2, -0.15) is 12.6 Å². The number of nitrogens with one attached hydrogen (secondary N) is 3. The van der Waals surface area contributed by atoms with E-state index >= 15 is 0 Å². The number of aromatic nitrogens is 4. The summed E-state index contributed by atoms with van der Waals surface area (Å²) < 4.78 is 13.6. The van der Waals surface area contributed by atoms with Gasteiger partial charge < -0.3 is 30.0 Å². The van der Waals surface area contributed by atoms with Gasteiger partial charge in [-0.05, 0) is 122 Å². The second-order valence-corrected chi connectivity index (χ2v) is 20.2. The molecule has 3 aliphatic rings. The molecule has 2 aromatic heterocycles. The lowest BCUT2D eigenvalue weighted by molar-refractivity contribution is -0.131. The number of carbonyl (C=O) groups is 5. The fraction of sp³-hybridized carbons (Fsp3) is 0.520. The predicted octanol–water partition coefficient (Wildman–Crippen LogP) is 6.29. The summed E-state index contributed by atoms with van der Waals surface area (Å²) in [6.07, 6.45) is 6.86. The molecule has 3 aliphatic heterocycles. The summed E-state index contributed by atoms with van der Waals surface area (Å²) in [4.78, 5) is 78.9. The summed E-state index contributed by atoms with van der Waals surface area (Å²) >= 11 is 5.79. The third-order valence-electron chi connectivity index (χ3n) is 13.1. The number of pyridine rings is 1. The molecule has 2 saturated heterocycles. The van der Waals surface area contributed by atoms with E-state index in [1.54, 1.807) is 54.2 Å². The quantitative estimate of drug-likeness (QED) is 0.0573.